The molecule has 0 bridgehead atoms. The minimum Gasteiger partial charge on any atom is -0.348 e. The van der Waals surface area contributed by atoms with Crippen molar-refractivity contribution >= 4 is 23.6 Å². The number of rotatable bonds is 8. The Labute approximate surface area is 209 Å². The number of nitrogens with zero attached hydrogens (tertiary/aromatic N) is 3. The topological polar surface area (TPSA) is 67.2 Å². The number of hydrogen-bond donors (Lipinski definition) is 1. The summed E-state index contributed by atoms with van der Waals surface area (Å²) in [5, 5.41) is 3.00. The summed E-state index contributed by atoms with van der Waals surface area (Å²) < 4.78 is 1.93. The van der Waals surface area contributed by atoms with Crippen molar-refractivity contribution in [1.29, 1.82) is 0 Å². The summed E-state index contributed by atoms with van der Waals surface area (Å²) in [6.07, 6.45) is 6.18. The predicted molar refractivity (Wildman–Crippen MR) is 138 cm³/mol. The second-order valence-corrected chi connectivity index (χ2v) is 9.46. The van der Waals surface area contributed by atoms with Crippen molar-refractivity contribution in [2.75, 3.05) is 12.3 Å². The van der Waals surface area contributed by atoms with E-state index in [4.69, 9.17) is 0 Å². The van der Waals surface area contributed by atoms with Crippen LogP contribution in [0.2, 0.25) is 0 Å². The summed E-state index contributed by atoms with van der Waals surface area (Å²) in [6.45, 7) is 1.09. The fourth-order valence-corrected chi connectivity index (χ4v) is 5.48. The van der Waals surface area contributed by atoms with E-state index < -0.39 is 0 Å². The molecule has 176 valence electrons. The molecule has 0 aliphatic carbocycles. The number of carbonyl (C=O) groups is 2. The molecule has 5 rings (SSSR count). The quantitative estimate of drug-likeness (QED) is 0.398. The van der Waals surface area contributed by atoms with Gasteiger partial charge in [0.15, 0.2) is 0 Å². The maximum Gasteiger partial charge on any atom is 0.251 e. The Hall–Kier alpha value is -3.84. The first-order valence-electron chi connectivity index (χ1n) is 11.6. The van der Waals surface area contributed by atoms with Crippen LogP contribution >= 0.6 is 11.8 Å². The molecule has 1 aromatic heterocycles. The molecule has 1 aliphatic heterocycles. The molecule has 0 spiro atoms. The monoisotopic (exact) mass is 482 g/mol. The number of benzene rings is 3. The molecule has 1 N–H and O–H groups in total. The SMILES string of the molecule is O=C(NCc1ccccc1-n1ccnc1)c1ccc([C@@H]2SCC(=O)N2CCc2ccccc2)cc1. The van der Waals surface area contributed by atoms with Gasteiger partial charge in [-0.2, -0.15) is 0 Å². The van der Waals surface area contributed by atoms with Gasteiger partial charge in [-0.1, -0.05) is 60.7 Å². The zero-order valence-electron chi connectivity index (χ0n) is 19.2. The Balaban J connectivity index is 1.22. The van der Waals surface area contributed by atoms with E-state index in [1.54, 1.807) is 24.3 Å². The van der Waals surface area contributed by atoms with Crippen LogP contribution in [0.15, 0.2) is 97.6 Å². The highest BCUT2D eigenvalue weighted by atomic mass is 32.2. The van der Waals surface area contributed by atoms with Crippen LogP contribution in [-0.4, -0.2) is 38.6 Å². The number of hydrogen-bond acceptors (Lipinski definition) is 4. The van der Waals surface area contributed by atoms with Crippen molar-refractivity contribution in [3.8, 4) is 5.69 Å². The minimum atomic E-state index is -0.131. The van der Waals surface area contributed by atoms with Crippen molar-refractivity contribution in [1.82, 2.24) is 19.8 Å². The van der Waals surface area contributed by atoms with Gasteiger partial charge in [-0.05, 0) is 41.3 Å². The average Bonchev–Trinajstić information content (AvgIpc) is 3.57. The number of aromatic nitrogens is 2. The fourth-order valence-electron chi connectivity index (χ4n) is 4.26. The molecule has 6 nitrogen and oxygen atoms in total. The lowest BCUT2D eigenvalue weighted by Crippen LogP contribution is -2.30. The third kappa shape index (κ3) is 5.30. The smallest absolute Gasteiger partial charge is 0.251 e. The molecule has 1 aliphatic rings. The van der Waals surface area contributed by atoms with E-state index in [-0.39, 0.29) is 17.2 Å². The van der Waals surface area contributed by atoms with Crippen LogP contribution in [-0.2, 0) is 17.8 Å². The van der Waals surface area contributed by atoms with Crippen molar-refractivity contribution in [2.24, 2.45) is 0 Å². The van der Waals surface area contributed by atoms with E-state index in [0.717, 1.165) is 23.2 Å². The summed E-state index contributed by atoms with van der Waals surface area (Å²) in [6, 6.07) is 25.7. The van der Waals surface area contributed by atoms with Gasteiger partial charge in [0.2, 0.25) is 5.91 Å². The highest BCUT2D eigenvalue weighted by Gasteiger charge is 2.32. The summed E-state index contributed by atoms with van der Waals surface area (Å²) >= 11 is 1.64. The number of amides is 2. The lowest BCUT2D eigenvalue weighted by atomic mass is 10.1. The zero-order chi connectivity index (χ0) is 24.0. The van der Waals surface area contributed by atoms with E-state index in [9.17, 15) is 9.59 Å². The lowest BCUT2D eigenvalue weighted by Gasteiger charge is -2.24. The van der Waals surface area contributed by atoms with Crippen LogP contribution in [0.5, 0.6) is 0 Å². The van der Waals surface area contributed by atoms with Crippen LogP contribution in [0.1, 0.15) is 32.4 Å². The van der Waals surface area contributed by atoms with E-state index in [0.29, 0.717) is 24.4 Å². The summed E-state index contributed by atoms with van der Waals surface area (Å²) in [5.74, 6) is 0.514. The van der Waals surface area contributed by atoms with E-state index in [1.807, 2.05) is 82.4 Å². The van der Waals surface area contributed by atoms with Gasteiger partial charge in [-0.3, -0.25) is 9.59 Å². The Kier molecular flexibility index (Phi) is 6.95. The molecular weight excluding hydrogens is 456 g/mol. The highest BCUT2D eigenvalue weighted by Crippen LogP contribution is 2.38. The molecule has 0 saturated carbocycles. The number of carbonyl (C=O) groups excluding carboxylic acids is 2. The van der Waals surface area contributed by atoms with Gasteiger partial charge in [0.1, 0.15) is 5.37 Å². The van der Waals surface area contributed by atoms with Gasteiger partial charge >= 0.3 is 0 Å². The Bertz CT molecular complexity index is 1290. The Morgan fingerprint density at radius 1 is 1.00 bits per heavy atom. The molecule has 7 heteroatoms. The van der Waals surface area contributed by atoms with Crippen molar-refractivity contribution in [3.63, 3.8) is 0 Å². The van der Waals surface area contributed by atoms with E-state index >= 15 is 0 Å². The molecule has 3 aromatic carbocycles. The predicted octanol–water partition coefficient (Wildman–Crippen LogP) is 4.62. The molecule has 0 radical (unpaired) electrons. The average molecular weight is 483 g/mol. The van der Waals surface area contributed by atoms with Gasteiger partial charge in [0.05, 0.1) is 17.8 Å². The highest BCUT2D eigenvalue weighted by molar-refractivity contribution is 8.00. The molecule has 2 amide bonds. The largest absolute Gasteiger partial charge is 0.348 e. The fraction of sp³-hybridized carbons (Fsp3) is 0.179. The van der Waals surface area contributed by atoms with Gasteiger partial charge in [-0.25, -0.2) is 4.98 Å². The van der Waals surface area contributed by atoms with Gasteiger partial charge in [0.25, 0.3) is 5.91 Å². The zero-order valence-corrected chi connectivity index (χ0v) is 20.0. The molecule has 1 atom stereocenters. The molecule has 4 aromatic rings. The Morgan fingerprint density at radius 3 is 2.54 bits per heavy atom. The van der Waals surface area contributed by atoms with E-state index in [2.05, 4.69) is 22.4 Å². The summed E-state index contributed by atoms with van der Waals surface area (Å²) in [5.41, 5.74) is 4.84. The van der Waals surface area contributed by atoms with Crippen LogP contribution in [0.3, 0.4) is 0 Å². The number of para-hydroxylation sites is 1. The Morgan fingerprint density at radius 2 is 1.77 bits per heavy atom. The molecule has 35 heavy (non-hydrogen) atoms. The molecule has 1 fully saturated rings. The third-order valence-corrected chi connectivity index (χ3v) is 7.38. The lowest BCUT2D eigenvalue weighted by molar-refractivity contribution is -0.128. The van der Waals surface area contributed by atoms with Crippen LogP contribution in [0.4, 0.5) is 0 Å². The van der Waals surface area contributed by atoms with E-state index in [1.165, 1.54) is 5.56 Å². The first-order chi connectivity index (χ1) is 17.2. The van der Waals surface area contributed by atoms with Crippen molar-refractivity contribution in [2.45, 2.75) is 18.3 Å². The van der Waals surface area contributed by atoms with Crippen LogP contribution in [0.25, 0.3) is 5.69 Å². The maximum absolute atomic E-state index is 12.8. The number of thioether (sulfide) groups is 1. The molecule has 2 heterocycles. The molecule has 0 unspecified atom stereocenters. The van der Waals surface area contributed by atoms with Gasteiger partial charge in [-0.15, -0.1) is 11.8 Å². The van der Waals surface area contributed by atoms with Crippen LogP contribution in [0, 0.1) is 0 Å². The molecular formula is C28H26N4O2S. The first kappa shape index (κ1) is 22.9. The van der Waals surface area contributed by atoms with Crippen molar-refractivity contribution < 1.29 is 9.59 Å². The molecule has 1 saturated heterocycles. The standard InChI is InChI=1S/C28H26N4O2S/c33-26-19-35-28(32(26)16-14-21-6-2-1-3-7-21)23-12-10-22(11-13-23)27(34)30-18-24-8-4-5-9-25(24)31-17-15-29-20-31/h1-13,15,17,20,28H,14,16,18-19H2,(H,30,34)/t28-/m0/s1. The van der Waals surface area contributed by atoms with Gasteiger partial charge in [0, 0.05) is 31.0 Å². The summed E-state index contributed by atoms with van der Waals surface area (Å²) in [4.78, 5) is 31.4. The normalized spacial score (nSPS) is 15.4. The second-order valence-electron chi connectivity index (χ2n) is 8.39. The second kappa shape index (κ2) is 10.6. The summed E-state index contributed by atoms with van der Waals surface area (Å²) in [7, 11) is 0. The van der Waals surface area contributed by atoms with Gasteiger partial charge < -0.3 is 14.8 Å². The van der Waals surface area contributed by atoms with Crippen LogP contribution < -0.4 is 5.32 Å². The minimum absolute atomic E-state index is 0.0228. The third-order valence-electron chi connectivity index (χ3n) is 6.12. The number of imidazole rings is 1. The first-order valence-corrected chi connectivity index (χ1v) is 12.6. The number of nitrogens with one attached hydrogen (secondary N) is 1. The van der Waals surface area contributed by atoms with Crippen molar-refractivity contribution in [3.05, 3.63) is 120 Å². The maximum atomic E-state index is 12.8.